The Balaban J connectivity index is 3.03. The van der Waals surface area contributed by atoms with Crippen LogP contribution in [0.15, 0.2) is 47.7 Å². The standard InChI is InChI=1S/C13H11FN2OS/c1-8(2)12(17)9(7-15)13(18)16-11-6-4-3-5-10(11)14/h3-6,17H,1H2,2H3,(H,16,18). The number of thiocarbonyl (C=S) groups is 1. The second kappa shape index (κ2) is 5.94. The maximum absolute atomic E-state index is 13.4. The molecule has 0 unspecified atom stereocenters. The number of aliphatic hydroxyl groups excluding tert-OH is 1. The second-order valence-corrected chi connectivity index (χ2v) is 3.96. The summed E-state index contributed by atoms with van der Waals surface area (Å²) in [6.45, 7) is 5.05. The smallest absolute Gasteiger partial charge is 0.146 e. The van der Waals surface area contributed by atoms with Crippen molar-refractivity contribution in [3.8, 4) is 6.07 Å². The van der Waals surface area contributed by atoms with Gasteiger partial charge in [-0.15, -0.1) is 0 Å². The van der Waals surface area contributed by atoms with Gasteiger partial charge in [-0.25, -0.2) is 4.39 Å². The van der Waals surface area contributed by atoms with E-state index in [1.165, 1.54) is 18.2 Å². The Kier molecular flexibility index (Phi) is 4.58. The number of allylic oxidation sites excluding steroid dienone is 1. The molecule has 0 bridgehead atoms. The summed E-state index contributed by atoms with van der Waals surface area (Å²) in [6, 6.07) is 7.67. The minimum absolute atomic E-state index is 0.0527. The zero-order valence-electron chi connectivity index (χ0n) is 9.70. The molecule has 1 aromatic carbocycles. The molecule has 0 fully saturated rings. The highest BCUT2D eigenvalue weighted by molar-refractivity contribution is 7.81. The largest absolute Gasteiger partial charge is 0.506 e. The van der Waals surface area contributed by atoms with Gasteiger partial charge in [0.05, 0.1) is 5.69 Å². The van der Waals surface area contributed by atoms with Gasteiger partial charge in [-0.3, -0.25) is 0 Å². The number of hydrogen-bond acceptors (Lipinski definition) is 3. The Morgan fingerprint density at radius 1 is 1.50 bits per heavy atom. The molecular weight excluding hydrogens is 251 g/mol. The maximum Gasteiger partial charge on any atom is 0.146 e. The van der Waals surface area contributed by atoms with Crippen LogP contribution in [0.4, 0.5) is 10.1 Å². The summed E-state index contributed by atoms with van der Waals surface area (Å²) in [4.78, 5) is -0.0527. The van der Waals surface area contributed by atoms with Gasteiger partial charge in [0.2, 0.25) is 0 Å². The van der Waals surface area contributed by atoms with Crippen LogP contribution < -0.4 is 5.32 Å². The van der Waals surface area contributed by atoms with Crippen LogP contribution in [0.2, 0.25) is 0 Å². The van der Waals surface area contributed by atoms with Gasteiger partial charge in [-0.1, -0.05) is 30.9 Å². The molecule has 1 aromatic rings. The normalized spacial score (nSPS) is 11.2. The number of para-hydroxylation sites is 1. The molecule has 1 rings (SSSR count). The van der Waals surface area contributed by atoms with Crippen LogP contribution in [0, 0.1) is 17.1 Å². The summed E-state index contributed by atoms with van der Waals surface area (Å²) < 4.78 is 13.4. The van der Waals surface area contributed by atoms with Crippen LogP contribution in [0.1, 0.15) is 6.92 Å². The number of aliphatic hydroxyl groups is 1. The molecular formula is C13H11FN2OS. The first-order valence-corrected chi connectivity index (χ1v) is 5.43. The predicted molar refractivity (Wildman–Crippen MR) is 72.7 cm³/mol. The van der Waals surface area contributed by atoms with E-state index in [2.05, 4.69) is 11.9 Å². The summed E-state index contributed by atoms with van der Waals surface area (Å²) in [5, 5.41) is 21.1. The van der Waals surface area contributed by atoms with Crippen LogP contribution in [0.5, 0.6) is 0 Å². The molecule has 0 atom stereocenters. The zero-order chi connectivity index (χ0) is 13.7. The van der Waals surface area contributed by atoms with Gasteiger partial charge in [0.15, 0.2) is 0 Å². The number of nitrogens with zero attached hydrogens (tertiary/aromatic N) is 1. The topological polar surface area (TPSA) is 56.0 Å². The minimum Gasteiger partial charge on any atom is -0.506 e. The Labute approximate surface area is 110 Å². The van der Waals surface area contributed by atoms with Crippen LogP contribution in [-0.4, -0.2) is 10.1 Å². The third kappa shape index (κ3) is 3.15. The van der Waals surface area contributed by atoms with Gasteiger partial charge in [-0.05, 0) is 24.6 Å². The lowest BCUT2D eigenvalue weighted by atomic mass is 10.1. The first-order chi connectivity index (χ1) is 8.47. The van der Waals surface area contributed by atoms with Crippen molar-refractivity contribution in [3.05, 3.63) is 53.6 Å². The molecule has 5 heteroatoms. The van der Waals surface area contributed by atoms with E-state index in [1.807, 2.05) is 0 Å². The van der Waals surface area contributed by atoms with Crippen molar-refractivity contribution in [1.82, 2.24) is 0 Å². The molecule has 92 valence electrons. The minimum atomic E-state index is -0.494. The van der Waals surface area contributed by atoms with Crippen molar-refractivity contribution >= 4 is 22.9 Å². The predicted octanol–water partition coefficient (Wildman–Crippen LogP) is 3.48. The monoisotopic (exact) mass is 262 g/mol. The Hall–Kier alpha value is -2.19. The average Bonchev–Trinajstić information content (AvgIpc) is 2.32. The molecule has 0 aliphatic rings. The quantitative estimate of drug-likeness (QED) is 0.288. The van der Waals surface area contributed by atoms with E-state index in [0.717, 1.165) is 0 Å². The number of benzene rings is 1. The number of nitrogens with one attached hydrogen (secondary N) is 1. The van der Waals surface area contributed by atoms with E-state index in [0.29, 0.717) is 5.57 Å². The molecule has 0 radical (unpaired) electrons. The van der Waals surface area contributed by atoms with Crippen molar-refractivity contribution in [2.45, 2.75) is 6.92 Å². The number of anilines is 1. The summed E-state index contributed by atoms with van der Waals surface area (Å²) in [5.74, 6) is -0.793. The van der Waals surface area contributed by atoms with Crippen molar-refractivity contribution in [2.24, 2.45) is 0 Å². The van der Waals surface area contributed by atoms with E-state index in [9.17, 15) is 9.50 Å². The van der Waals surface area contributed by atoms with E-state index >= 15 is 0 Å². The lowest BCUT2D eigenvalue weighted by Crippen LogP contribution is -2.14. The Bertz CT molecular complexity index is 573. The lowest BCUT2D eigenvalue weighted by Gasteiger charge is -2.09. The summed E-state index contributed by atoms with van der Waals surface area (Å²) in [7, 11) is 0. The second-order valence-electron chi connectivity index (χ2n) is 3.55. The third-order valence-corrected chi connectivity index (χ3v) is 2.41. The highest BCUT2D eigenvalue weighted by Gasteiger charge is 2.13. The van der Waals surface area contributed by atoms with Gasteiger partial charge >= 0.3 is 0 Å². The Morgan fingerprint density at radius 3 is 2.61 bits per heavy atom. The highest BCUT2D eigenvalue weighted by atomic mass is 32.1. The third-order valence-electron chi connectivity index (χ3n) is 2.10. The number of hydrogen-bond donors (Lipinski definition) is 2. The molecule has 0 saturated heterocycles. The molecule has 0 spiro atoms. The van der Waals surface area contributed by atoms with E-state index < -0.39 is 5.82 Å². The van der Waals surface area contributed by atoms with E-state index in [-0.39, 0.29) is 22.0 Å². The lowest BCUT2D eigenvalue weighted by molar-refractivity contribution is 0.422. The number of rotatable bonds is 3. The molecule has 0 heterocycles. The molecule has 0 aromatic heterocycles. The molecule has 0 aliphatic heterocycles. The molecule has 0 aliphatic carbocycles. The highest BCUT2D eigenvalue weighted by Crippen LogP contribution is 2.16. The molecule has 2 N–H and O–H groups in total. The fourth-order valence-electron chi connectivity index (χ4n) is 1.17. The van der Waals surface area contributed by atoms with Crippen molar-refractivity contribution in [1.29, 1.82) is 5.26 Å². The first-order valence-electron chi connectivity index (χ1n) is 5.02. The van der Waals surface area contributed by atoms with Gasteiger partial charge < -0.3 is 10.4 Å². The van der Waals surface area contributed by atoms with E-state index in [1.54, 1.807) is 19.1 Å². The SMILES string of the molecule is C=C(C)C(O)=C(C#N)C(=S)Nc1ccccc1F. The van der Waals surface area contributed by atoms with Crippen molar-refractivity contribution in [2.75, 3.05) is 5.32 Å². The van der Waals surface area contributed by atoms with Crippen molar-refractivity contribution < 1.29 is 9.50 Å². The summed E-state index contributed by atoms with van der Waals surface area (Å²) in [5.41, 5.74) is 0.315. The molecule has 18 heavy (non-hydrogen) atoms. The van der Waals surface area contributed by atoms with Crippen LogP contribution >= 0.6 is 12.2 Å². The molecule has 3 nitrogen and oxygen atoms in total. The summed E-state index contributed by atoms with van der Waals surface area (Å²) in [6.07, 6.45) is 0. The molecule has 0 saturated carbocycles. The molecule has 0 amide bonds. The van der Waals surface area contributed by atoms with Gasteiger partial charge in [0.25, 0.3) is 0 Å². The van der Waals surface area contributed by atoms with Gasteiger partial charge in [0.1, 0.15) is 28.2 Å². The van der Waals surface area contributed by atoms with Gasteiger partial charge in [-0.2, -0.15) is 5.26 Å². The van der Waals surface area contributed by atoms with Crippen LogP contribution in [-0.2, 0) is 0 Å². The maximum atomic E-state index is 13.4. The summed E-state index contributed by atoms with van der Waals surface area (Å²) >= 11 is 4.95. The zero-order valence-corrected chi connectivity index (χ0v) is 10.5. The van der Waals surface area contributed by atoms with E-state index in [4.69, 9.17) is 17.5 Å². The van der Waals surface area contributed by atoms with Gasteiger partial charge in [0, 0.05) is 0 Å². The first kappa shape index (κ1) is 13.9. The van der Waals surface area contributed by atoms with Crippen LogP contribution in [0.25, 0.3) is 0 Å². The fourth-order valence-corrected chi connectivity index (χ4v) is 1.42. The van der Waals surface area contributed by atoms with Crippen molar-refractivity contribution in [3.63, 3.8) is 0 Å². The number of halogens is 1. The van der Waals surface area contributed by atoms with Crippen LogP contribution in [0.3, 0.4) is 0 Å². The number of nitriles is 1. The average molecular weight is 262 g/mol. The fraction of sp³-hybridized carbons (Fsp3) is 0.0769. The Morgan fingerprint density at radius 2 is 2.11 bits per heavy atom.